The number of nitrogens with zero attached hydrogens (tertiary/aromatic N) is 1. The molecule has 0 aliphatic heterocycles. The van der Waals surface area contributed by atoms with Gasteiger partial charge in [-0.05, 0) is 12.2 Å². The molecule has 0 saturated heterocycles. The summed E-state index contributed by atoms with van der Waals surface area (Å²) in [7, 11) is 0. The zero-order chi connectivity index (χ0) is 15.2. The van der Waals surface area contributed by atoms with Crippen LogP contribution in [0.1, 0.15) is 38.8 Å². The Morgan fingerprint density at radius 1 is 1.60 bits per heavy atom. The van der Waals surface area contributed by atoms with Gasteiger partial charge >= 0.3 is 5.97 Å². The molecular weight excluding hydrogens is 280 g/mol. The van der Waals surface area contributed by atoms with Gasteiger partial charge in [-0.1, -0.05) is 20.8 Å². The van der Waals surface area contributed by atoms with Gasteiger partial charge in [-0.2, -0.15) is 11.8 Å². The van der Waals surface area contributed by atoms with Gasteiger partial charge in [-0.15, -0.1) is 0 Å². The molecule has 0 bridgehead atoms. The second-order valence-corrected chi connectivity index (χ2v) is 6.49. The monoisotopic (exact) mass is 300 g/mol. The molecule has 1 aromatic rings. The number of nitrogens with one attached hydrogen (secondary N) is 1. The average Bonchev–Trinajstić information content (AvgIpc) is 2.81. The highest BCUT2D eigenvalue weighted by Gasteiger charge is 2.19. The number of amides is 1. The predicted molar refractivity (Wildman–Crippen MR) is 76.6 cm³/mol. The summed E-state index contributed by atoms with van der Waals surface area (Å²) in [5.41, 5.74) is -0.0712. The van der Waals surface area contributed by atoms with Crippen molar-refractivity contribution in [1.29, 1.82) is 0 Å². The van der Waals surface area contributed by atoms with Crippen LogP contribution in [-0.4, -0.2) is 34.3 Å². The van der Waals surface area contributed by atoms with Crippen LogP contribution < -0.4 is 5.32 Å². The summed E-state index contributed by atoms with van der Waals surface area (Å²) in [5, 5.41) is 11.1. The second-order valence-electron chi connectivity index (χ2n) is 5.38. The fourth-order valence-corrected chi connectivity index (χ4v) is 2.30. The topological polar surface area (TPSA) is 92.4 Å². The van der Waals surface area contributed by atoms with Gasteiger partial charge in [-0.25, -0.2) is 9.78 Å². The van der Waals surface area contributed by atoms with E-state index in [0.717, 1.165) is 5.76 Å². The largest absolute Gasteiger partial charge is 0.480 e. The molecule has 2 N–H and O–H groups in total. The second kappa shape index (κ2) is 7.33. The number of carboxylic acids is 1. The van der Waals surface area contributed by atoms with E-state index in [4.69, 9.17) is 9.52 Å². The third-order valence-corrected chi connectivity index (χ3v) is 3.61. The quantitative estimate of drug-likeness (QED) is 0.562. The number of thioether (sulfide) groups is 1. The smallest absolute Gasteiger partial charge is 0.326 e. The van der Waals surface area contributed by atoms with Gasteiger partial charge < -0.3 is 14.8 Å². The first-order valence-corrected chi connectivity index (χ1v) is 7.45. The van der Waals surface area contributed by atoms with Crippen molar-refractivity contribution in [3.8, 4) is 0 Å². The molecule has 1 aromatic heterocycles. The molecule has 0 aromatic carbocycles. The molecule has 112 valence electrons. The summed E-state index contributed by atoms with van der Waals surface area (Å²) in [4.78, 5) is 25.3. The molecule has 0 aliphatic rings. The number of aromatic nitrogens is 1. The van der Waals surface area contributed by atoms with Crippen LogP contribution in [0, 0.1) is 0 Å². The van der Waals surface area contributed by atoms with Crippen molar-refractivity contribution >= 4 is 24.1 Å². The van der Waals surface area contributed by atoms with Gasteiger partial charge in [0.05, 0.1) is 11.9 Å². The first-order valence-electron chi connectivity index (χ1n) is 6.30. The molecule has 0 spiro atoms. The van der Waals surface area contributed by atoms with Gasteiger partial charge in [0.25, 0.3) is 0 Å². The van der Waals surface area contributed by atoms with E-state index in [1.165, 1.54) is 11.8 Å². The van der Waals surface area contributed by atoms with Gasteiger partial charge in [0.15, 0.2) is 0 Å². The maximum atomic E-state index is 10.8. The van der Waals surface area contributed by atoms with Crippen LogP contribution in [0.3, 0.4) is 0 Å². The SMILES string of the molecule is CC(C)(C)c1cnc(CSCCC(NC=O)C(=O)O)o1. The zero-order valence-electron chi connectivity index (χ0n) is 11.9. The van der Waals surface area contributed by atoms with Crippen LogP contribution in [0.4, 0.5) is 0 Å². The van der Waals surface area contributed by atoms with Gasteiger partial charge in [0, 0.05) is 5.41 Å². The Labute approximate surface area is 122 Å². The van der Waals surface area contributed by atoms with Crippen molar-refractivity contribution in [2.24, 2.45) is 0 Å². The van der Waals surface area contributed by atoms with Crippen LogP contribution in [0.5, 0.6) is 0 Å². The summed E-state index contributed by atoms with van der Waals surface area (Å²) in [6, 6.07) is -0.838. The Bertz CT molecular complexity index is 453. The van der Waals surface area contributed by atoms with E-state index >= 15 is 0 Å². The van der Waals surface area contributed by atoms with Crippen LogP contribution in [0.25, 0.3) is 0 Å². The molecule has 0 radical (unpaired) electrons. The molecule has 1 rings (SSSR count). The minimum Gasteiger partial charge on any atom is -0.480 e. The van der Waals surface area contributed by atoms with Crippen molar-refractivity contribution in [2.75, 3.05) is 5.75 Å². The fraction of sp³-hybridized carbons (Fsp3) is 0.615. The molecular formula is C13H20N2O4S. The maximum Gasteiger partial charge on any atom is 0.326 e. The standard InChI is InChI=1S/C13H20N2O4S/c1-13(2,3)10-6-14-11(19-10)7-20-5-4-9(12(17)18)15-8-16/h6,8-9H,4-5,7H2,1-3H3,(H,15,16)(H,17,18). The molecule has 1 unspecified atom stereocenters. The first kappa shape index (κ1) is 16.6. The Hall–Kier alpha value is -1.50. The van der Waals surface area contributed by atoms with Crippen LogP contribution >= 0.6 is 11.8 Å². The number of hydrogen-bond donors (Lipinski definition) is 2. The van der Waals surface area contributed by atoms with E-state index in [0.29, 0.717) is 30.2 Å². The van der Waals surface area contributed by atoms with Gasteiger partial charge in [-0.3, -0.25) is 4.79 Å². The molecule has 6 nitrogen and oxygen atoms in total. The molecule has 1 atom stereocenters. The molecule has 1 amide bonds. The Kier molecular flexibility index (Phi) is 6.06. The van der Waals surface area contributed by atoms with Crippen LogP contribution in [0.15, 0.2) is 10.6 Å². The number of carboxylic acid groups (broad SMARTS) is 1. The Morgan fingerprint density at radius 2 is 2.30 bits per heavy atom. The lowest BCUT2D eigenvalue weighted by molar-refractivity contribution is -0.140. The maximum absolute atomic E-state index is 10.8. The molecule has 1 heterocycles. The lowest BCUT2D eigenvalue weighted by Gasteiger charge is -2.13. The predicted octanol–water partition coefficient (Wildman–Crippen LogP) is 1.79. The summed E-state index contributed by atoms with van der Waals surface area (Å²) in [6.07, 6.45) is 2.50. The Morgan fingerprint density at radius 3 is 2.80 bits per heavy atom. The highest BCUT2D eigenvalue weighted by Crippen LogP contribution is 2.24. The highest BCUT2D eigenvalue weighted by molar-refractivity contribution is 7.98. The molecule has 0 saturated carbocycles. The van der Waals surface area contributed by atoms with Crippen molar-refractivity contribution < 1.29 is 19.1 Å². The molecule has 20 heavy (non-hydrogen) atoms. The van der Waals surface area contributed by atoms with Crippen molar-refractivity contribution in [1.82, 2.24) is 10.3 Å². The summed E-state index contributed by atoms with van der Waals surface area (Å²) < 4.78 is 5.63. The number of rotatable bonds is 8. The zero-order valence-corrected chi connectivity index (χ0v) is 12.7. The minimum absolute atomic E-state index is 0.0712. The highest BCUT2D eigenvalue weighted by atomic mass is 32.2. The van der Waals surface area contributed by atoms with Crippen LogP contribution in [-0.2, 0) is 20.8 Å². The normalized spacial score (nSPS) is 12.9. The molecule has 0 aliphatic carbocycles. The third kappa shape index (κ3) is 5.24. The number of hydrogen-bond acceptors (Lipinski definition) is 5. The van der Waals surface area contributed by atoms with Crippen molar-refractivity contribution in [2.45, 2.75) is 44.4 Å². The van der Waals surface area contributed by atoms with E-state index < -0.39 is 12.0 Å². The summed E-state index contributed by atoms with van der Waals surface area (Å²) >= 11 is 1.53. The summed E-state index contributed by atoms with van der Waals surface area (Å²) in [6.45, 7) is 6.15. The van der Waals surface area contributed by atoms with E-state index in [-0.39, 0.29) is 5.41 Å². The lowest BCUT2D eigenvalue weighted by Crippen LogP contribution is -2.36. The Balaban J connectivity index is 2.35. The van der Waals surface area contributed by atoms with Crippen LogP contribution in [0.2, 0.25) is 0 Å². The van der Waals surface area contributed by atoms with E-state index in [2.05, 4.69) is 10.3 Å². The van der Waals surface area contributed by atoms with E-state index in [9.17, 15) is 9.59 Å². The van der Waals surface area contributed by atoms with E-state index in [1.807, 2.05) is 20.8 Å². The lowest BCUT2D eigenvalue weighted by atomic mass is 9.94. The summed E-state index contributed by atoms with van der Waals surface area (Å²) in [5.74, 6) is 1.63. The third-order valence-electron chi connectivity index (χ3n) is 2.64. The number of carbonyl (C=O) groups is 2. The first-order chi connectivity index (χ1) is 9.34. The molecule has 7 heteroatoms. The average molecular weight is 300 g/mol. The van der Waals surface area contributed by atoms with E-state index in [1.54, 1.807) is 6.20 Å². The van der Waals surface area contributed by atoms with Crippen molar-refractivity contribution in [3.05, 3.63) is 17.8 Å². The number of oxazole rings is 1. The van der Waals surface area contributed by atoms with Gasteiger partial charge in [0.1, 0.15) is 11.8 Å². The number of carbonyl (C=O) groups excluding carboxylic acids is 1. The minimum atomic E-state index is -1.02. The fourth-order valence-electron chi connectivity index (χ4n) is 1.44. The molecule has 0 fully saturated rings. The number of aliphatic carboxylic acids is 1. The van der Waals surface area contributed by atoms with Gasteiger partial charge in [0.2, 0.25) is 12.3 Å². The van der Waals surface area contributed by atoms with Crippen molar-refractivity contribution in [3.63, 3.8) is 0 Å².